The molecule has 0 bridgehead atoms. The lowest BCUT2D eigenvalue weighted by Gasteiger charge is -2.37. The second-order valence-electron chi connectivity index (χ2n) is 18.1. The first-order chi connectivity index (χ1) is 24.8. The summed E-state index contributed by atoms with van der Waals surface area (Å²) >= 11 is 0. The van der Waals surface area contributed by atoms with Gasteiger partial charge >= 0.3 is 23.9 Å². The molecule has 0 radical (unpaired) electrons. The zero-order valence-corrected chi connectivity index (χ0v) is 35.6. The molecule has 8 heteroatoms. The van der Waals surface area contributed by atoms with Gasteiger partial charge in [-0.3, -0.25) is 19.2 Å². The maximum Gasteiger partial charge on any atom is 0.313 e. The fourth-order valence-electron chi connectivity index (χ4n) is 6.94. The molecule has 1 fully saturated rings. The van der Waals surface area contributed by atoms with Gasteiger partial charge in [0, 0.05) is 0 Å². The minimum absolute atomic E-state index is 0.0310. The van der Waals surface area contributed by atoms with E-state index >= 15 is 0 Å². The van der Waals surface area contributed by atoms with Crippen molar-refractivity contribution in [3.63, 3.8) is 0 Å². The van der Waals surface area contributed by atoms with E-state index in [1.54, 1.807) is 0 Å². The lowest BCUT2D eigenvalue weighted by molar-refractivity contribution is -0.167. The summed E-state index contributed by atoms with van der Waals surface area (Å²) in [4.78, 5) is 51.4. The molecule has 1 saturated carbocycles. The fraction of sp³-hybridized carbons (Fsp3) is 0.778. The predicted molar refractivity (Wildman–Crippen MR) is 213 cm³/mol. The Hall–Kier alpha value is -2.90. The molecule has 0 amide bonds. The van der Waals surface area contributed by atoms with E-state index in [2.05, 4.69) is 13.8 Å². The van der Waals surface area contributed by atoms with E-state index < -0.39 is 10.8 Å². The minimum Gasteiger partial charge on any atom is -0.465 e. The third-order valence-corrected chi connectivity index (χ3v) is 9.70. The number of ether oxygens (including phenoxy) is 4. The first kappa shape index (κ1) is 48.1. The normalized spacial score (nSPS) is 15.9. The molecule has 1 aliphatic rings. The predicted octanol–water partition coefficient (Wildman–Crippen LogP) is 10.4. The van der Waals surface area contributed by atoms with Crippen LogP contribution in [0.3, 0.4) is 0 Å². The Morgan fingerprint density at radius 1 is 0.585 bits per heavy atom. The van der Waals surface area contributed by atoms with Crippen molar-refractivity contribution in [1.82, 2.24) is 0 Å². The second-order valence-corrected chi connectivity index (χ2v) is 18.1. The van der Waals surface area contributed by atoms with Crippen LogP contribution in [0.15, 0.2) is 30.3 Å². The first-order valence-corrected chi connectivity index (χ1v) is 20.5. The van der Waals surface area contributed by atoms with Crippen molar-refractivity contribution in [2.24, 2.45) is 52.3 Å². The molecule has 1 aromatic rings. The highest BCUT2D eigenvalue weighted by Crippen LogP contribution is 2.43. The summed E-state index contributed by atoms with van der Waals surface area (Å²) in [6, 6.07) is 9.78. The number of benzene rings is 1. The van der Waals surface area contributed by atoms with Gasteiger partial charge in [0.25, 0.3) is 0 Å². The molecule has 1 aromatic carbocycles. The average molecular weight is 745 g/mol. The Morgan fingerprint density at radius 2 is 1.04 bits per heavy atom. The molecule has 0 N–H and O–H groups in total. The molecule has 304 valence electrons. The highest BCUT2D eigenvalue weighted by atomic mass is 16.5. The van der Waals surface area contributed by atoms with Gasteiger partial charge in [0.1, 0.15) is 0 Å². The van der Waals surface area contributed by atoms with Gasteiger partial charge in [0.2, 0.25) is 0 Å². The molecule has 0 saturated heterocycles. The van der Waals surface area contributed by atoms with Gasteiger partial charge in [-0.25, -0.2) is 0 Å². The van der Waals surface area contributed by atoms with E-state index in [1.807, 2.05) is 99.6 Å². The van der Waals surface area contributed by atoms with Gasteiger partial charge in [0.05, 0.1) is 50.1 Å². The van der Waals surface area contributed by atoms with Crippen LogP contribution in [0.1, 0.15) is 146 Å². The molecule has 53 heavy (non-hydrogen) atoms. The Morgan fingerprint density at radius 3 is 1.49 bits per heavy atom. The third kappa shape index (κ3) is 18.8. The van der Waals surface area contributed by atoms with Crippen LogP contribution >= 0.6 is 0 Å². The molecule has 8 nitrogen and oxygen atoms in total. The Bertz CT molecular complexity index is 1200. The first-order valence-electron chi connectivity index (χ1n) is 20.5. The number of esters is 4. The van der Waals surface area contributed by atoms with Gasteiger partial charge in [-0.05, 0) is 66.3 Å². The van der Waals surface area contributed by atoms with Gasteiger partial charge in [-0.2, -0.15) is 0 Å². The summed E-state index contributed by atoms with van der Waals surface area (Å²) in [5, 5.41) is 0. The smallest absolute Gasteiger partial charge is 0.313 e. The van der Waals surface area contributed by atoms with Crippen LogP contribution in [0.5, 0.6) is 0 Å². The summed E-state index contributed by atoms with van der Waals surface area (Å²) in [5.74, 6) is 0.722. The topological polar surface area (TPSA) is 105 Å². The molecule has 0 aliphatic heterocycles. The lowest BCUT2D eigenvalue weighted by atomic mass is 9.68. The molecule has 0 aromatic heterocycles. The monoisotopic (exact) mass is 745 g/mol. The van der Waals surface area contributed by atoms with Crippen LogP contribution in [0.2, 0.25) is 0 Å². The number of hydrogen-bond acceptors (Lipinski definition) is 8. The molecule has 2 atom stereocenters. The van der Waals surface area contributed by atoms with Crippen molar-refractivity contribution in [3.8, 4) is 0 Å². The summed E-state index contributed by atoms with van der Waals surface area (Å²) in [6.45, 7) is 25.8. The van der Waals surface area contributed by atoms with Crippen molar-refractivity contribution in [2.75, 3.05) is 26.4 Å². The van der Waals surface area contributed by atoms with E-state index in [9.17, 15) is 19.2 Å². The average Bonchev–Trinajstić information content (AvgIpc) is 3.08. The Labute approximate surface area is 323 Å². The highest BCUT2D eigenvalue weighted by molar-refractivity contribution is 5.84. The Balaban J connectivity index is 0.000000530. The minimum atomic E-state index is -0.926. The van der Waals surface area contributed by atoms with Gasteiger partial charge in [0.15, 0.2) is 0 Å². The molecule has 0 spiro atoms. The van der Waals surface area contributed by atoms with Gasteiger partial charge in [-0.15, -0.1) is 0 Å². The zero-order chi connectivity index (χ0) is 40.2. The fourth-order valence-corrected chi connectivity index (χ4v) is 6.94. The highest BCUT2D eigenvalue weighted by Gasteiger charge is 2.46. The maximum atomic E-state index is 13.2. The number of rotatable bonds is 21. The van der Waals surface area contributed by atoms with E-state index in [1.165, 1.54) is 19.3 Å². The van der Waals surface area contributed by atoms with Crippen molar-refractivity contribution in [1.29, 1.82) is 0 Å². The van der Waals surface area contributed by atoms with Crippen molar-refractivity contribution in [3.05, 3.63) is 35.9 Å². The Kier molecular flexibility index (Phi) is 22.2. The standard InChI is InChI=1S/C23H42O4.C22H34O4/c1-17(2)12-23(22(25)27-16-19(5)6,13-20-10-8-7-9-11-20)14-21(24)26-15-18(3)4;1-16(2)14-25-20(23)13-22(18(5)6,21(24)26-15-17(3)4)12-19-10-8-7-9-11-19/h17-20H,7-16H2,1-6H3;7-11,16-18H,12-15H2,1-6H3. The quantitative estimate of drug-likeness (QED) is 0.0905. The molecule has 2 unspecified atom stereocenters. The van der Waals surface area contributed by atoms with E-state index in [0.29, 0.717) is 57.0 Å². The molecule has 2 rings (SSSR count). The van der Waals surface area contributed by atoms with Crippen molar-refractivity contribution < 1.29 is 38.1 Å². The molecule has 0 heterocycles. The maximum absolute atomic E-state index is 13.2. The summed E-state index contributed by atoms with van der Waals surface area (Å²) in [7, 11) is 0. The zero-order valence-electron chi connectivity index (χ0n) is 35.6. The third-order valence-electron chi connectivity index (χ3n) is 9.70. The van der Waals surface area contributed by atoms with Crippen LogP contribution < -0.4 is 0 Å². The van der Waals surface area contributed by atoms with Crippen molar-refractivity contribution in [2.45, 2.75) is 147 Å². The molecule has 1 aliphatic carbocycles. The number of carbonyl (C=O) groups excluding carboxylic acids is 4. The summed E-state index contributed by atoms with van der Waals surface area (Å²) in [5.41, 5.74) is -0.664. The van der Waals surface area contributed by atoms with Gasteiger partial charge < -0.3 is 18.9 Å². The number of carbonyl (C=O) groups is 4. The SMILES string of the molecule is CC(C)COC(=O)CC(CC(C)C)(CC1CCCCC1)C(=O)OCC(C)C.CC(C)COC(=O)CC(Cc1ccccc1)(C(=O)OCC(C)C)C(C)C. The van der Waals surface area contributed by atoms with Crippen LogP contribution in [0.25, 0.3) is 0 Å². The van der Waals surface area contributed by atoms with Crippen LogP contribution in [-0.2, 0) is 44.5 Å². The van der Waals surface area contributed by atoms with Crippen LogP contribution in [0, 0.1) is 52.3 Å². The van der Waals surface area contributed by atoms with E-state index in [-0.39, 0.29) is 60.4 Å². The summed E-state index contributed by atoms with van der Waals surface area (Å²) in [6.07, 6.45) is 8.09. The molecular weight excluding hydrogens is 668 g/mol. The van der Waals surface area contributed by atoms with Crippen LogP contribution in [0.4, 0.5) is 0 Å². The van der Waals surface area contributed by atoms with Crippen molar-refractivity contribution >= 4 is 23.9 Å². The molecular formula is C45H76O8. The van der Waals surface area contributed by atoms with E-state index in [4.69, 9.17) is 18.9 Å². The van der Waals surface area contributed by atoms with E-state index in [0.717, 1.165) is 24.8 Å². The second kappa shape index (κ2) is 24.5. The number of hydrogen-bond donors (Lipinski definition) is 0. The van der Waals surface area contributed by atoms with Gasteiger partial charge in [-0.1, -0.05) is 146 Å². The lowest BCUT2D eigenvalue weighted by Crippen LogP contribution is -2.43. The largest absolute Gasteiger partial charge is 0.465 e. The summed E-state index contributed by atoms with van der Waals surface area (Å²) < 4.78 is 22.1. The van der Waals surface area contributed by atoms with Crippen LogP contribution in [-0.4, -0.2) is 50.3 Å².